The van der Waals surface area contributed by atoms with E-state index in [0.717, 1.165) is 37.2 Å². The summed E-state index contributed by atoms with van der Waals surface area (Å²) < 4.78 is 65.3. The zero-order valence-corrected chi connectivity index (χ0v) is 24.1. The fourth-order valence-electron chi connectivity index (χ4n) is 4.87. The number of likely N-dealkylation sites (N-methyl/N-ethyl adjacent to an activating group) is 1. The Kier molecular flexibility index (Phi) is 9.02. The molecule has 1 aliphatic carbocycles. The van der Waals surface area contributed by atoms with Gasteiger partial charge in [-0.3, -0.25) is 9.89 Å². The summed E-state index contributed by atoms with van der Waals surface area (Å²) in [5.41, 5.74) is 1.63. The number of sulfone groups is 1. The number of ether oxygens (including phenoxy) is 2. The number of fused-ring (bicyclic) bond motifs is 1. The third-order valence-electron chi connectivity index (χ3n) is 7.15. The Balaban J connectivity index is 1.40. The van der Waals surface area contributed by atoms with Gasteiger partial charge in [-0.2, -0.15) is 5.10 Å². The number of amides is 1. The first kappa shape index (κ1) is 29.8. The van der Waals surface area contributed by atoms with E-state index in [1.165, 1.54) is 18.2 Å². The number of nitrogens with one attached hydrogen (secondary N) is 3. The average Bonchev–Trinajstić information content (AvgIpc) is 3.35. The zero-order valence-electron chi connectivity index (χ0n) is 23.3. The highest BCUT2D eigenvalue weighted by Crippen LogP contribution is 2.29. The van der Waals surface area contributed by atoms with Crippen LogP contribution in [0.1, 0.15) is 19.3 Å². The minimum Gasteiger partial charge on any atom is -0.385 e. The smallest absolute Gasteiger partial charge is 0.258 e. The largest absolute Gasteiger partial charge is 0.385 e. The Morgan fingerprint density at radius 2 is 1.86 bits per heavy atom. The molecule has 1 fully saturated rings. The molecule has 3 aromatic rings. The first-order valence-corrected chi connectivity index (χ1v) is 15.1. The Labute approximate surface area is 242 Å². The average molecular weight is 602 g/mol. The van der Waals surface area contributed by atoms with Gasteiger partial charge in [-0.05, 0) is 63.3 Å². The van der Waals surface area contributed by atoms with E-state index in [1.54, 1.807) is 6.08 Å². The van der Waals surface area contributed by atoms with Crippen molar-refractivity contribution in [3.63, 3.8) is 0 Å². The number of H-pyrrole nitrogens is 1. The van der Waals surface area contributed by atoms with E-state index < -0.39 is 32.3 Å². The van der Waals surface area contributed by atoms with E-state index in [0.29, 0.717) is 48.8 Å². The highest BCUT2D eigenvalue weighted by Gasteiger charge is 2.26. The zero-order chi connectivity index (χ0) is 29.9. The van der Waals surface area contributed by atoms with Crippen molar-refractivity contribution in [1.29, 1.82) is 0 Å². The number of hydrogen-bond acceptors (Lipinski definition) is 8. The predicted octanol–water partition coefficient (Wildman–Crippen LogP) is 3.54. The topological polar surface area (TPSA) is 126 Å². The molecule has 10 nitrogen and oxygen atoms in total. The fourth-order valence-corrected chi connectivity index (χ4v) is 6.20. The second-order valence-corrected chi connectivity index (χ2v) is 12.5. The Hall–Kier alpha value is -3.65. The number of nitrogens with zero attached hydrogens (tertiary/aromatic N) is 2. The molecular formula is C29H33F2N5O5S. The standard InChI is InChI=1S/C29H33F2N5O5S/c1-36(2)9-12-41-21-3-5-24(27(16-21)32-20-7-10-40-11-8-20)29(37)33-28-25-17-22(4-6-26(25)34-35-28)42(38,39)23-14-18(30)13-19(31)15-23/h3-6,13-15,17,20-21,32H,7-12,16H2,1-2H3,(H2,33,34,35,37). The quantitative estimate of drug-likeness (QED) is 0.322. The maximum absolute atomic E-state index is 13.8. The molecule has 13 heteroatoms. The Bertz CT molecular complexity index is 1610. The first-order valence-electron chi connectivity index (χ1n) is 13.6. The number of hydrogen-bond donors (Lipinski definition) is 3. The van der Waals surface area contributed by atoms with Crippen molar-refractivity contribution in [3.05, 3.63) is 71.5 Å². The molecule has 1 aromatic heterocycles. The summed E-state index contributed by atoms with van der Waals surface area (Å²) >= 11 is 0. The maximum Gasteiger partial charge on any atom is 0.258 e. The van der Waals surface area contributed by atoms with E-state index >= 15 is 0 Å². The van der Waals surface area contributed by atoms with Crippen LogP contribution in [0.15, 0.2) is 69.6 Å². The fraction of sp³-hybridized carbons (Fsp3) is 0.379. The van der Waals surface area contributed by atoms with Gasteiger partial charge in [0.2, 0.25) is 9.84 Å². The predicted molar refractivity (Wildman–Crippen MR) is 153 cm³/mol. The summed E-state index contributed by atoms with van der Waals surface area (Å²) in [6.07, 6.45) is 5.48. The number of rotatable bonds is 10. The van der Waals surface area contributed by atoms with Crippen LogP contribution < -0.4 is 10.6 Å². The van der Waals surface area contributed by atoms with Crippen molar-refractivity contribution in [2.75, 3.05) is 45.8 Å². The van der Waals surface area contributed by atoms with Crippen LogP contribution in [0.25, 0.3) is 10.9 Å². The van der Waals surface area contributed by atoms with Crippen LogP contribution in [-0.4, -0.2) is 82.0 Å². The summed E-state index contributed by atoms with van der Waals surface area (Å²) in [5.74, 6) is -2.32. The second kappa shape index (κ2) is 12.7. The molecule has 1 saturated heterocycles. The number of benzene rings is 2. The first-order chi connectivity index (χ1) is 20.1. The second-order valence-electron chi connectivity index (χ2n) is 10.5. The molecule has 1 aliphatic heterocycles. The van der Waals surface area contributed by atoms with Crippen molar-refractivity contribution < 1.29 is 31.5 Å². The molecule has 224 valence electrons. The van der Waals surface area contributed by atoms with E-state index in [2.05, 4.69) is 20.8 Å². The molecule has 0 radical (unpaired) electrons. The normalized spacial score (nSPS) is 18.2. The monoisotopic (exact) mass is 601 g/mol. The Morgan fingerprint density at radius 1 is 1.12 bits per heavy atom. The molecule has 1 amide bonds. The molecule has 0 saturated carbocycles. The van der Waals surface area contributed by atoms with Crippen LogP contribution in [0.2, 0.25) is 0 Å². The van der Waals surface area contributed by atoms with Gasteiger partial charge in [0.1, 0.15) is 11.6 Å². The molecule has 42 heavy (non-hydrogen) atoms. The van der Waals surface area contributed by atoms with E-state index in [4.69, 9.17) is 9.47 Å². The van der Waals surface area contributed by atoms with Crippen molar-refractivity contribution in [2.45, 2.75) is 41.2 Å². The van der Waals surface area contributed by atoms with Crippen LogP contribution >= 0.6 is 0 Å². The number of aromatic nitrogens is 2. The van der Waals surface area contributed by atoms with Crippen molar-refractivity contribution >= 4 is 32.5 Å². The van der Waals surface area contributed by atoms with Gasteiger partial charge in [0.25, 0.3) is 5.91 Å². The van der Waals surface area contributed by atoms with Gasteiger partial charge in [-0.1, -0.05) is 6.08 Å². The van der Waals surface area contributed by atoms with Gasteiger partial charge in [-0.15, -0.1) is 0 Å². The molecule has 2 heterocycles. The minimum atomic E-state index is -4.26. The highest BCUT2D eigenvalue weighted by molar-refractivity contribution is 7.91. The van der Waals surface area contributed by atoms with Gasteiger partial charge < -0.3 is 25.0 Å². The third kappa shape index (κ3) is 6.86. The summed E-state index contributed by atoms with van der Waals surface area (Å²) in [7, 11) is -0.313. The molecular weight excluding hydrogens is 568 g/mol. The third-order valence-corrected chi connectivity index (χ3v) is 8.88. The highest BCUT2D eigenvalue weighted by atomic mass is 32.2. The Morgan fingerprint density at radius 3 is 2.57 bits per heavy atom. The van der Waals surface area contributed by atoms with Crippen molar-refractivity contribution in [3.8, 4) is 0 Å². The molecule has 0 spiro atoms. The molecule has 0 bridgehead atoms. The molecule has 3 N–H and O–H groups in total. The van der Waals surface area contributed by atoms with E-state index in [-0.39, 0.29) is 22.9 Å². The molecule has 1 unspecified atom stereocenters. The lowest BCUT2D eigenvalue weighted by Crippen LogP contribution is -2.38. The van der Waals surface area contributed by atoms with Gasteiger partial charge >= 0.3 is 0 Å². The van der Waals surface area contributed by atoms with Gasteiger partial charge in [0.15, 0.2) is 5.82 Å². The van der Waals surface area contributed by atoms with Crippen molar-refractivity contribution in [1.82, 2.24) is 20.4 Å². The van der Waals surface area contributed by atoms with Crippen LogP contribution in [0, 0.1) is 11.6 Å². The number of aromatic amines is 1. The summed E-state index contributed by atoms with van der Waals surface area (Å²) in [4.78, 5) is 14.9. The van der Waals surface area contributed by atoms with Crippen molar-refractivity contribution in [2.24, 2.45) is 0 Å². The van der Waals surface area contributed by atoms with Crippen LogP contribution in [0.5, 0.6) is 0 Å². The number of anilines is 1. The van der Waals surface area contributed by atoms with Crippen LogP contribution in [-0.2, 0) is 24.1 Å². The maximum atomic E-state index is 13.8. The number of carbonyl (C=O) groups excluding carboxylic acids is 1. The lowest BCUT2D eigenvalue weighted by molar-refractivity contribution is -0.112. The lowest BCUT2D eigenvalue weighted by atomic mass is 9.98. The number of carbonyl (C=O) groups is 1. The van der Waals surface area contributed by atoms with Gasteiger partial charge in [0.05, 0.1) is 33.6 Å². The summed E-state index contributed by atoms with van der Waals surface area (Å²) in [6, 6.07) is 6.37. The number of halogens is 2. The van der Waals surface area contributed by atoms with Gasteiger partial charge in [-0.25, -0.2) is 17.2 Å². The van der Waals surface area contributed by atoms with Crippen LogP contribution in [0.4, 0.5) is 14.6 Å². The summed E-state index contributed by atoms with van der Waals surface area (Å²) in [5, 5.41) is 13.6. The molecule has 2 aromatic carbocycles. The molecule has 1 atom stereocenters. The summed E-state index contributed by atoms with van der Waals surface area (Å²) in [6.45, 7) is 2.58. The SMILES string of the molecule is CN(C)CCOC1C=CC(C(=O)Nc2n[nH]c3ccc(S(=O)(=O)c4cc(F)cc(F)c4)cc23)=C(NC2CCOCC2)C1. The molecule has 2 aliphatic rings. The van der Waals surface area contributed by atoms with Gasteiger partial charge in [0, 0.05) is 49.4 Å². The van der Waals surface area contributed by atoms with E-state index in [9.17, 15) is 22.0 Å². The van der Waals surface area contributed by atoms with Crippen LogP contribution in [0.3, 0.4) is 0 Å². The van der Waals surface area contributed by atoms with E-state index in [1.807, 2.05) is 25.1 Å². The minimum absolute atomic E-state index is 0.119. The lowest BCUT2D eigenvalue weighted by Gasteiger charge is -2.30. The molecule has 5 rings (SSSR count).